The van der Waals surface area contributed by atoms with Gasteiger partial charge in [-0.3, -0.25) is 10.2 Å². The second-order valence-electron chi connectivity index (χ2n) is 3.03. The van der Waals surface area contributed by atoms with Gasteiger partial charge in [0.1, 0.15) is 0 Å². The number of aliphatic hydroxyl groups is 1. The third kappa shape index (κ3) is 3.16. The highest BCUT2D eigenvalue weighted by molar-refractivity contribution is 5.75. The van der Waals surface area contributed by atoms with Crippen molar-refractivity contribution >= 4 is 5.91 Å². The van der Waals surface area contributed by atoms with Crippen LogP contribution in [0.2, 0.25) is 0 Å². The third-order valence-electron chi connectivity index (χ3n) is 1.99. The summed E-state index contributed by atoms with van der Waals surface area (Å²) >= 11 is 0. The first-order valence-corrected chi connectivity index (χ1v) is 4.46. The third-order valence-corrected chi connectivity index (χ3v) is 1.99. The topological polar surface area (TPSA) is 75.3 Å². The number of amides is 1. The lowest BCUT2D eigenvalue weighted by Gasteiger charge is -2.09. The minimum atomic E-state index is -0.603. The molecule has 1 aromatic rings. The summed E-state index contributed by atoms with van der Waals surface area (Å²) < 4.78 is 0. The lowest BCUT2D eigenvalue weighted by molar-refractivity contribution is -0.121. The molecule has 0 heterocycles. The van der Waals surface area contributed by atoms with Gasteiger partial charge < -0.3 is 5.11 Å². The van der Waals surface area contributed by atoms with Gasteiger partial charge in [0, 0.05) is 6.42 Å². The second kappa shape index (κ2) is 5.36. The molecule has 0 aromatic heterocycles. The molecule has 0 fully saturated rings. The number of carbonyl (C=O) groups excluding carboxylic acids is 1. The number of aliphatic hydroxyl groups excluding tert-OH is 1. The number of nitrogens with two attached hydrogens (primary N) is 1. The van der Waals surface area contributed by atoms with E-state index in [1.54, 1.807) is 0 Å². The standard InChI is InChI=1S/C10H14N2O2/c11-12-10(14)7-6-9(13)8-4-2-1-3-5-8/h1-5,9,13H,6-7,11H2,(H,12,14). The molecule has 0 saturated heterocycles. The summed E-state index contributed by atoms with van der Waals surface area (Å²) in [6.07, 6.45) is 0.00748. The predicted molar refractivity (Wildman–Crippen MR) is 53.0 cm³/mol. The molecule has 4 nitrogen and oxygen atoms in total. The van der Waals surface area contributed by atoms with Crippen molar-refractivity contribution < 1.29 is 9.90 Å². The van der Waals surface area contributed by atoms with Gasteiger partial charge in [-0.05, 0) is 12.0 Å². The molecule has 1 amide bonds. The van der Waals surface area contributed by atoms with E-state index in [4.69, 9.17) is 5.84 Å². The van der Waals surface area contributed by atoms with Crippen LogP contribution < -0.4 is 11.3 Å². The van der Waals surface area contributed by atoms with E-state index >= 15 is 0 Å². The van der Waals surface area contributed by atoms with Gasteiger partial charge in [-0.1, -0.05) is 30.3 Å². The number of nitrogens with one attached hydrogen (secondary N) is 1. The summed E-state index contributed by atoms with van der Waals surface area (Å²) in [5.41, 5.74) is 2.84. The molecule has 0 aliphatic carbocycles. The Balaban J connectivity index is 2.43. The monoisotopic (exact) mass is 194 g/mol. The van der Waals surface area contributed by atoms with Crippen molar-refractivity contribution in [1.29, 1.82) is 0 Å². The van der Waals surface area contributed by atoms with Crippen LogP contribution in [0.15, 0.2) is 30.3 Å². The van der Waals surface area contributed by atoms with Crippen molar-refractivity contribution in [2.75, 3.05) is 0 Å². The maximum absolute atomic E-state index is 10.8. The van der Waals surface area contributed by atoms with Crippen LogP contribution in [-0.4, -0.2) is 11.0 Å². The largest absolute Gasteiger partial charge is 0.388 e. The van der Waals surface area contributed by atoms with E-state index in [1.165, 1.54) is 0 Å². The summed E-state index contributed by atoms with van der Waals surface area (Å²) in [6.45, 7) is 0. The highest BCUT2D eigenvalue weighted by Gasteiger charge is 2.08. The number of hydrazine groups is 1. The first kappa shape index (κ1) is 10.7. The Morgan fingerprint density at radius 3 is 2.64 bits per heavy atom. The number of benzene rings is 1. The molecule has 0 saturated carbocycles. The molecule has 0 bridgehead atoms. The SMILES string of the molecule is NNC(=O)CCC(O)c1ccccc1. The maximum Gasteiger partial charge on any atom is 0.233 e. The number of hydrogen-bond donors (Lipinski definition) is 3. The number of hydrogen-bond acceptors (Lipinski definition) is 3. The Bertz CT molecular complexity index is 287. The highest BCUT2D eigenvalue weighted by atomic mass is 16.3. The molecule has 1 rings (SSSR count). The minimum absolute atomic E-state index is 0.229. The fraction of sp³-hybridized carbons (Fsp3) is 0.300. The van der Waals surface area contributed by atoms with Crippen LogP contribution in [0.3, 0.4) is 0 Å². The number of rotatable bonds is 4. The summed E-state index contributed by atoms with van der Waals surface area (Å²) in [5.74, 6) is 4.65. The van der Waals surface area contributed by atoms with Crippen molar-refractivity contribution in [2.45, 2.75) is 18.9 Å². The van der Waals surface area contributed by atoms with Crippen molar-refractivity contribution in [1.82, 2.24) is 5.43 Å². The molecule has 1 unspecified atom stereocenters. The van der Waals surface area contributed by atoms with Crippen LogP contribution in [-0.2, 0) is 4.79 Å². The molecule has 0 aliphatic heterocycles. The average Bonchev–Trinajstić information content (AvgIpc) is 2.26. The van der Waals surface area contributed by atoms with Crippen molar-refractivity contribution in [3.8, 4) is 0 Å². The van der Waals surface area contributed by atoms with Crippen LogP contribution in [0.5, 0.6) is 0 Å². The van der Waals surface area contributed by atoms with Crippen LogP contribution in [0, 0.1) is 0 Å². The van der Waals surface area contributed by atoms with Crippen molar-refractivity contribution in [3.05, 3.63) is 35.9 Å². The van der Waals surface area contributed by atoms with Crippen LogP contribution in [0.1, 0.15) is 24.5 Å². The quantitative estimate of drug-likeness (QED) is 0.371. The Hall–Kier alpha value is -1.39. The summed E-state index contributed by atoms with van der Waals surface area (Å²) in [4.78, 5) is 10.8. The Morgan fingerprint density at radius 1 is 1.43 bits per heavy atom. The Kier molecular flexibility index (Phi) is 4.10. The molecule has 14 heavy (non-hydrogen) atoms. The Morgan fingerprint density at radius 2 is 2.07 bits per heavy atom. The first-order chi connectivity index (χ1) is 6.74. The van der Waals surface area contributed by atoms with E-state index in [9.17, 15) is 9.90 Å². The molecule has 0 spiro atoms. The molecule has 4 N–H and O–H groups in total. The summed E-state index contributed by atoms with van der Waals surface area (Å²) in [7, 11) is 0. The van der Waals surface area contributed by atoms with Gasteiger partial charge in [0.2, 0.25) is 5.91 Å². The van der Waals surface area contributed by atoms with Gasteiger partial charge in [-0.15, -0.1) is 0 Å². The van der Waals surface area contributed by atoms with E-state index in [-0.39, 0.29) is 12.3 Å². The van der Waals surface area contributed by atoms with E-state index in [0.717, 1.165) is 5.56 Å². The zero-order valence-electron chi connectivity index (χ0n) is 7.81. The van der Waals surface area contributed by atoms with Gasteiger partial charge in [0.15, 0.2) is 0 Å². The fourth-order valence-electron chi connectivity index (χ4n) is 1.18. The van der Waals surface area contributed by atoms with Gasteiger partial charge in [-0.25, -0.2) is 5.84 Å². The molecule has 4 heteroatoms. The fourth-order valence-corrected chi connectivity index (χ4v) is 1.18. The van der Waals surface area contributed by atoms with Gasteiger partial charge >= 0.3 is 0 Å². The molecule has 76 valence electrons. The van der Waals surface area contributed by atoms with Crippen molar-refractivity contribution in [3.63, 3.8) is 0 Å². The average molecular weight is 194 g/mol. The Labute approximate surface area is 82.7 Å². The van der Waals surface area contributed by atoms with Crippen LogP contribution >= 0.6 is 0 Å². The molecule has 0 radical (unpaired) electrons. The zero-order valence-corrected chi connectivity index (χ0v) is 7.81. The predicted octanol–water partition coefficient (Wildman–Crippen LogP) is 0.490. The molecular formula is C10H14N2O2. The first-order valence-electron chi connectivity index (χ1n) is 4.46. The molecule has 0 aliphatic rings. The van der Waals surface area contributed by atoms with E-state index < -0.39 is 6.10 Å². The normalized spacial score (nSPS) is 12.1. The zero-order chi connectivity index (χ0) is 10.4. The molecular weight excluding hydrogens is 180 g/mol. The summed E-state index contributed by atoms with van der Waals surface area (Å²) in [5, 5.41) is 9.64. The van der Waals surface area contributed by atoms with Gasteiger partial charge in [-0.2, -0.15) is 0 Å². The smallest absolute Gasteiger partial charge is 0.233 e. The van der Waals surface area contributed by atoms with Gasteiger partial charge in [0.05, 0.1) is 6.10 Å². The second-order valence-corrected chi connectivity index (χ2v) is 3.03. The molecule has 1 atom stereocenters. The minimum Gasteiger partial charge on any atom is -0.388 e. The van der Waals surface area contributed by atoms with Crippen molar-refractivity contribution in [2.24, 2.45) is 5.84 Å². The van der Waals surface area contributed by atoms with Crippen LogP contribution in [0.4, 0.5) is 0 Å². The van der Waals surface area contributed by atoms with E-state index in [1.807, 2.05) is 35.8 Å². The lowest BCUT2D eigenvalue weighted by Crippen LogP contribution is -2.30. The maximum atomic E-state index is 10.8. The summed E-state index contributed by atoms with van der Waals surface area (Å²) in [6, 6.07) is 9.22. The molecule has 1 aromatic carbocycles. The van der Waals surface area contributed by atoms with Crippen LogP contribution in [0.25, 0.3) is 0 Å². The number of carbonyl (C=O) groups is 1. The highest BCUT2D eigenvalue weighted by Crippen LogP contribution is 2.17. The van der Waals surface area contributed by atoms with E-state index in [0.29, 0.717) is 6.42 Å². The van der Waals surface area contributed by atoms with Gasteiger partial charge in [0.25, 0.3) is 0 Å². The van der Waals surface area contributed by atoms with E-state index in [2.05, 4.69) is 0 Å². The lowest BCUT2D eigenvalue weighted by atomic mass is 10.1.